The first-order valence-electron chi connectivity index (χ1n) is 6.21. The molecule has 0 fully saturated rings. The average Bonchev–Trinajstić information content (AvgIpc) is 2.33. The van der Waals surface area contributed by atoms with Crippen LogP contribution in [0.25, 0.3) is 0 Å². The molecule has 19 heavy (non-hydrogen) atoms. The quantitative estimate of drug-likeness (QED) is 0.889. The largest absolute Gasteiger partial charge is 0.370 e. The number of anilines is 3. The number of nitrogens with zero attached hydrogens (tertiary/aromatic N) is 2. The van der Waals surface area contributed by atoms with Crippen molar-refractivity contribution in [1.82, 2.24) is 9.97 Å². The Kier molecular flexibility index (Phi) is 4.22. The van der Waals surface area contributed by atoms with E-state index in [2.05, 4.69) is 20.6 Å². The van der Waals surface area contributed by atoms with E-state index >= 15 is 0 Å². The Morgan fingerprint density at radius 1 is 1.11 bits per heavy atom. The molecule has 0 saturated carbocycles. The standard InChI is InChI=1S/C14H17ClN4/c1-4-16-13-8-14(18-10(3)17-13)19-12-7-11(15)6-5-9(12)2/h5-8H,4H2,1-3H3,(H2,16,17,18,19). The van der Waals surface area contributed by atoms with Crippen LogP contribution in [0.2, 0.25) is 5.02 Å². The molecule has 0 radical (unpaired) electrons. The van der Waals surface area contributed by atoms with E-state index in [1.54, 1.807) is 0 Å². The summed E-state index contributed by atoms with van der Waals surface area (Å²) in [6.07, 6.45) is 0. The zero-order chi connectivity index (χ0) is 13.8. The van der Waals surface area contributed by atoms with E-state index in [1.807, 2.05) is 45.0 Å². The number of benzene rings is 1. The zero-order valence-corrected chi connectivity index (χ0v) is 12.0. The summed E-state index contributed by atoms with van der Waals surface area (Å²) >= 11 is 6.01. The Morgan fingerprint density at radius 2 is 1.84 bits per heavy atom. The first kappa shape index (κ1) is 13.6. The highest BCUT2D eigenvalue weighted by Gasteiger charge is 2.04. The Bertz CT molecular complexity index is 584. The van der Waals surface area contributed by atoms with Crippen LogP contribution in [0.5, 0.6) is 0 Å². The van der Waals surface area contributed by atoms with Crippen LogP contribution in [-0.4, -0.2) is 16.5 Å². The first-order chi connectivity index (χ1) is 9.08. The summed E-state index contributed by atoms with van der Waals surface area (Å²) in [5.74, 6) is 2.30. The lowest BCUT2D eigenvalue weighted by Gasteiger charge is -2.11. The SMILES string of the molecule is CCNc1cc(Nc2cc(Cl)ccc2C)nc(C)n1. The highest BCUT2D eigenvalue weighted by molar-refractivity contribution is 6.30. The number of aryl methyl sites for hydroxylation is 2. The highest BCUT2D eigenvalue weighted by Crippen LogP contribution is 2.24. The van der Waals surface area contributed by atoms with E-state index in [4.69, 9.17) is 11.6 Å². The van der Waals surface area contributed by atoms with Crippen molar-refractivity contribution in [3.05, 3.63) is 40.7 Å². The monoisotopic (exact) mass is 276 g/mol. The number of aromatic nitrogens is 2. The highest BCUT2D eigenvalue weighted by atomic mass is 35.5. The number of hydrogen-bond donors (Lipinski definition) is 2. The summed E-state index contributed by atoms with van der Waals surface area (Å²) < 4.78 is 0. The minimum Gasteiger partial charge on any atom is -0.370 e. The molecule has 100 valence electrons. The molecule has 0 aliphatic rings. The number of nitrogens with one attached hydrogen (secondary N) is 2. The second-order valence-corrected chi connectivity index (χ2v) is 4.74. The second-order valence-electron chi connectivity index (χ2n) is 4.30. The molecule has 0 atom stereocenters. The lowest BCUT2D eigenvalue weighted by atomic mass is 10.2. The van der Waals surface area contributed by atoms with Gasteiger partial charge in [0.15, 0.2) is 0 Å². The molecular formula is C14H17ClN4. The summed E-state index contributed by atoms with van der Waals surface area (Å²) in [5, 5.41) is 7.16. The van der Waals surface area contributed by atoms with Crippen LogP contribution in [0.15, 0.2) is 24.3 Å². The summed E-state index contributed by atoms with van der Waals surface area (Å²) in [6.45, 7) is 6.76. The van der Waals surface area contributed by atoms with E-state index < -0.39 is 0 Å². The molecule has 0 aliphatic carbocycles. The van der Waals surface area contributed by atoms with Gasteiger partial charge in [-0.2, -0.15) is 0 Å². The van der Waals surface area contributed by atoms with E-state index in [9.17, 15) is 0 Å². The topological polar surface area (TPSA) is 49.8 Å². The predicted octanol–water partition coefficient (Wildman–Crippen LogP) is 3.92. The van der Waals surface area contributed by atoms with Gasteiger partial charge in [0.1, 0.15) is 17.5 Å². The van der Waals surface area contributed by atoms with E-state index in [-0.39, 0.29) is 0 Å². The molecule has 5 heteroatoms. The zero-order valence-electron chi connectivity index (χ0n) is 11.3. The molecule has 1 aromatic carbocycles. The van der Waals surface area contributed by atoms with Crippen molar-refractivity contribution in [2.75, 3.05) is 17.2 Å². The third-order valence-electron chi connectivity index (χ3n) is 2.66. The molecule has 0 aliphatic heterocycles. The maximum atomic E-state index is 6.01. The molecule has 4 nitrogen and oxygen atoms in total. The van der Waals surface area contributed by atoms with Gasteiger partial charge in [0, 0.05) is 23.3 Å². The van der Waals surface area contributed by atoms with Gasteiger partial charge in [0.25, 0.3) is 0 Å². The fourth-order valence-corrected chi connectivity index (χ4v) is 1.94. The molecule has 0 bridgehead atoms. The van der Waals surface area contributed by atoms with Crippen molar-refractivity contribution in [1.29, 1.82) is 0 Å². The molecule has 0 spiro atoms. The minimum absolute atomic E-state index is 0.700. The van der Waals surface area contributed by atoms with Crippen LogP contribution in [0.1, 0.15) is 18.3 Å². The second kappa shape index (κ2) is 5.89. The lowest BCUT2D eigenvalue weighted by molar-refractivity contribution is 1.04. The Balaban J connectivity index is 2.29. The molecule has 0 saturated heterocycles. The van der Waals surface area contributed by atoms with Gasteiger partial charge < -0.3 is 10.6 Å². The smallest absolute Gasteiger partial charge is 0.136 e. The van der Waals surface area contributed by atoms with Gasteiger partial charge in [0.2, 0.25) is 0 Å². The fraction of sp³-hybridized carbons (Fsp3) is 0.286. The van der Waals surface area contributed by atoms with Gasteiger partial charge in [0.05, 0.1) is 0 Å². The van der Waals surface area contributed by atoms with Crippen LogP contribution >= 0.6 is 11.6 Å². The van der Waals surface area contributed by atoms with Crippen LogP contribution in [0.3, 0.4) is 0 Å². The van der Waals surface area contributed by atoms with Gasteiger partial charge in [-0.15, -0.1) is 0 Å². The molecule has 1 aromatic heterocycles. The van der Waals surface area contributed by atoms with E-state index in [1.165, 1.54) is 0 Å². The third kappa shape index (κ3) is 3.58. The maximum absolute atomic E-state index is 6.01. The lowest BCUT2D eigenvalue weighted by Crippen LogP contribution is -2.04. The van der Waals surface area contributed by atoms with Crippen molar-refractivity contribution in [2.45, 2.75) is 20.8 Å². The van der Waals surface area contributed by atoms with Crippen molar-refractivity contribution in [3.63, 3.8) is 0 Å². The molecule has 2 N–H and O–H groups in total. The number of hydrogen-bond acceptors (Lipinski definition) is 4. The Labute approximate surface area is 118 Å². The summed E-state index contributed by atoms with van der Waals surface area (Å²) in [7, 11) is 0. The summed E-state index contributed by atoms with van der Waals surface area (Å²) in [6, 6.07) is 7.62. The number of halogens is 1. The van der Waals surface area contributed by atoms with Gasteiger partial charge in [-0.1, -0.05) is 17.7 Å². The fourth-order valence-electron chi connectivity index (χ4n) is 1.77. The van der Waals surface area contributed by atoms with E-state index in [0.29, 0.717) is 5.02 Å². The minimum atomic E-state index is 0.700. The maximum Gasteiger partial charge on any atom is 0.136 e. The molecule has 2 rings (SSSR count). The molecular weight excluding hydrogens is 260 g/mol. The Morgan fingerprint density at radius 3 is 2.58 bits per heavy atom. The van der Waals surface area contributed by atoms with Gasteiger partial charge in [-0.3, -0.25) is 0 Å². The van der Waals surface area contributed by atoms with Crippen molar-refractivity contribution >= 4 is 28.9 Å². The Hall–Kier alpha value is -1.81. The third-order valence-corrected chi connectivity index (χ3v) is 2.89. The van der Waals surface area contributed by atoms with E-state index in [0.717, 1.165) is 35.3 Å². The molecule has 0 unspecified atom stereocenters. The number of rotatable bonds is 4. The van der Waals surface area contributed by atoms with Gasteiger partial charge >= 0.3 is 0 Å². The average molecular weight is 277 g/mol. The van der Waals surface area contributed by atoms with Crippen LogP contribution in [0.4, 0.5) is 17.3 Å². The molecule has 2 aromatic rings. The normalized spacial score (nSPS) is 10.3. The van der Waals surface area contributed by atoms with Crippen LogP contribution in [0, 0.1) is 13.8 Å². The molecule has 0 amide bonds. The molecule has 1 heterocycles. The van der Waals surface area contributed by atoms with Gasteiger partial charge in [-0.05, 0) is 38.5 Å². The van der Waals surface area contributed by atoms with Crippen molar-refractivity contribution < 1.29 is 0 Å². The van der Waals surface area contributed by atoms with Crippen molar-refractivity contribution in [2.24, 2.45) is 0 Å². The van der Waals surface area contributed by atoms with Crippen LogP contribution < -0.4 is 10.6 Å². The van der Waals surface area contributed by atoms with Crippen molar-refractivity contribution in [3.8, 4) is 0 Å². The van der Waals surface area contributed by atoms with Crippen LogP contribution in [-0.2, 0) is 0 Å². The predicted molar refractivity (Wildman–Crippen MR) is 80.4 cm³/mol. The first-order valence-corrected chi connectivity index (χ1v) is 6.59. The summed E-state index contributed by atoms with van der Waals surface area (Å²) in [5.41, 5.74) is 2.07. The summed E-state index contributed by atoms with van der Waals surface area (Å²) in [4.78, 5) is 8.69. The van der Waals surface area contributed by atoms with Gasteiger partial charge in [-0.25, -0.2) is 9.97 Å².